The van der Waals surface area contributed by atoms with Gasteiger partial charge in [0, 0.05) is 38.4 Å². The van der Waals surface area contributed by atoms with Gasteiger partial charge in [-0.15, -0.1) is 0 Å². The quantitative estimate of drug-likeness (QED) is 0.658. The average Bonchev–Trinajstić information content (AvgIpc) is 2.82. The van der Waals surface area contributed by atoms with Crippen LogP contribution in [0, 0.1) is 0 Å². The van der Waals surface area contributed by atoms with Gasteiger partial charge in [-0.05, 0) is 29.7 Å². The number of hydrogen-bond donors (Lipinski definition) is 3. The first-order valence-corrected chi connectivity index (χ1v) is 10.2. The second-order valence-electron chi connectivity index (χ2n) is 7.57. The number of rotatable bonds is 5. The van der Waals surface area contributed by atoms with E-state index in [1.165, 1.54) is 23.4 Å². The zero-order chi connectivity index (χ0) is 20.9. The van der Waals surface area contributed by atoms with Gasteiger partial charge in [-0.25, -0.2) is 0 Å². The maximum absolute atomic E-state index is 12.4. The Bertz CT molecular complexity index is 896. The van der Waals surface area contributed by atoms with Gasteiger partial charge in [-0.3, -0.25) is 14.6 Å². The molecule has 2 aliphatic heterocycles. The number of nitrogens with zero attached hydrogens (tertiary/aromatic N) is 2. The van der Waals surface area contributed by atoms with Crippen molar-refractivity contribution < 1.29 is 19.4 Å². The summed E-state index contributed by atoms with van der Waals surface area (Å²) in [5, 5.41) is 16.5. The van der Waals surface area contributed by atoms with Crippen LogP contribution < -0.4 is 10.6 Å². The number of aromatic nitrogens is 1. The molecule has 0 saturated carbocycles. The Morgan fingerprint density at radius 2 is 1.97 bits per heavy atom. The average molecular weight is 410 g/mol. The van der Waals surface area contributed by atoms with Crippen molar-refractivity contribution in [2.45, 2.75) is 25.1 Å². The molecule has 4 rings (SSSR count). The molecule has 8 heteroatoms. The van der Waals surface area contributed by atoms with Gasteiger partial charge in [-0.1, -0.05) is 24.3 Å². The Balaban J connectivity index is 1.29. The Kier molecular flexibility index (Phi) is 6.37. The van der Waals surface area contributed by atoms with Gasteiger partial charge in [0.25, 0.3) is 11.8 Å². The summed E-state index contributed by atoms with van der Waals surface area (Å²) < 4.78 is 5.26. The van der Waals surface area contributed by atoms with Crippen LogP contribution in [0.1, 0.15) is 32.0 Å². The van der Waals surface area contributed by atoms with Crippen LogP contribution in [-0.2, 0) is 17.7 Å². The summed E-state index contributed by atoms with van der Waals surface area (Å²) in [6.07, 6.45) is 1.41. The minimum absolute atomic E-state index is 0.114. The van der Waals surface area contributed by atoms with E-state index >= 15 is 0 Å². The fourth-order valence-electron chi connectivity index (χ4n) is 3.79. The van der Waals surface area contributed by atoms with Crippen LogP contribution in [0.15, 0.2) is 42.6 Å². The van der Waals surface area contributed by atoms with E-state index in [1.807, 2.05) is 12.1 Å². The molecular weight excluding hydrogens is 384 g/mol. The van der Waals surface area contributed by atoms with Crippen LogP contribution in [-0.4, -0.2) is 71.8 Å². The van der Waals surface area contributed by atoms with E-state index in [0.29, 0.717) is 44.8 Å². The van der Waals surface area contributed by atoms with Gasteiger partial charge in [0.05, 0.1) is 24.9 Å². The zero-order valence-electron chi connectivity index (χ0n) is 16.7. The molecule has 0 bridgehead atoms. The monoisotopic (exact) mass is 410 g/mol. The van der Waals surface area contributed by atoms with Crippen LogP contribution in [0.5, 0.6) is 0 Å². The van der Waals surface area contributed by atoms with Gasteiger partial charge >= 0.3 is 0 Å². The lowest BCUT2D eigenvalue weighted by Crippen LogP contribution is -2.49. The summed E-state index contributed by atoms with van der Waals surface area (Å²) in [6.45, 7) is 2.99. The van der Waals surface area contributed by atoms with Crippen molar-refractivity contribution >= 4 is 11.8 Å². The van der Waals surface area contributed by atoms with Gasteiger partial charge in [0.2, 0.25) is 0 Å². The summed E-state index contributed by atoms with van der Waals surface area (Å²) in [5.41, 5.74) is 3.11. The number of amides is 2. The summed E-state index contributed by atoms with van der Waals surface area (Å²) in [7, 11) is 0. The molecule has 2 amide bonds. The van der Waals surface area contributed by atoms with Gasteiger partial charge in [0.1, 0.15) is 5.69 Å². The Labute approximate surface area is 175 Å². The van der Waals surface area contributed by atoms with Crippen LogP contribution in [0.2, 0.25) is 0 Å². The highest BCUT2D eigenvalue weighted by atomic mass is 16.5. The molecular formula is C22H26N4O4. The number of carbonyl (C=O) groups excluding carboxylic acids is 2. The first-order valence-electron chi connectivity index (χ1n) is 10.2. The molecule has 3 heterocycles. The van der Waals surface area contributed by atoms with E-state index < -0.39 is 6.10 Å². The second kappa shape index (κ2) is 9.34. The Morgan fingerprint density at radius 3 is 2.70 bits per heavy atom. The summed E-state index contributed by atoms with van der Waals surface area (Å²) in [6, 6.07) is 11.2. The maximum atomic E-state index is 12.4. The van der Waals surface area contributed by atoms with Crippen molar-refractivity contribution in [3.63, 3.8) is 0 Å². The highest BCUT2D eigenvalue weighted by Gasteiger charge is 2.25. The SMILES string of the molecule is O=C(NC[C@@H](O)[C@@H]1Cc2ccccc2CN1)c1ccc(C(=O)N2CCOCC2)cn1. The first-order chi connectivity index (χ1) is 14.6. The molecule has 2 aromatic rings. The lowest BCUT2D eigenvalue weighted by Gasteiger charge is -2.30. The van der Waals surface area contributed by atoms with Crippen LogP contribution >= 0.6 is 0 Å². The number of pyridine rings is 1. The van der Waals surface area contributed by atoms with Gasteiger partial charge in [0.15, 0.2) is 0 Å². The predicted octanol–water partition coefficient (Wildman–Crippen LogP) is 0.359. The van der Waals surface area contributed by atoms with E-state index in [1.54, 1.807) is 11.0 Å². The normalized spacial score (nSPS) is 19.6. The number of aliphatic hydroxyl groups is 1. The smallest absolute Gasteiger partial charge is 0.269 e. The van der Waals surface area contributed by atoms with Crippen molar-refractivity contribution in [2.75, 3.05) is 32.8 Å². The molecule has 1 aromatic heterocycles. The summed E-state index contributed by atoms with van der Waals surface area (Å²) >= 11 is 0. The lowest BCUT2D eigenvalue weighted by atomic mass is 9.93. The fraction of sp³-hybridized carbons (Fsp3) is 0.409. The molecule has 0 radical (unpaired) electrons. The fourth-order valence-corrected chi connectivity index (χ4v) is 3.79. The highest BCUT2D eigenvalue weighted by Crippen LogP contribution is 2.17. The number of carbonyl (C=O) groups is 2. The van der Waals surface area contributed by atoms with Crippen LogP contribution in [0.25, 0.3) is 0 Å². The van der Waals surface area contributed by atoms with Gasteiger partial charge < -0.3 is 25.4 Å². The maximum Gasteiger partial charge on any atom is 0.269 e. The van der Waals surface area contributed by atoms with Crippen molar-refractivity contribution in [2.24, 2.45) is 0 Å². The zero-order valence-corrected chi connectivity index (χ0v) is 16.7. The van der Waals surface area contributed by atoms with Crippen molar-refractivity contribution in [1.29, 1.82) is 0 Å². The Morgan fingerprint density at radius 1 is 1.20 bits per heavy atom. The van der Waals surface area contributed by atoms with E-state index in [2.05, 4.69) is 27.8 Å². The molecule has 1 fully saturated rings. The van der Waals surface area contributed by atoms with E-state index in [9.17, 15) is 14.7 Å². The van der Waals surface area contributed by atoms with Crippen molar-refractivity contribution in [3.8, 4) is 0 Å². The van der Waals surface area contributed by atoms with Crippen molar-refractivity contribution in [3.05, 3.63) is 65.0 Å². The molecule has 1 aromatic carbocycles. The molecule has 158 valence electrons. The number of aliphatic hydroxyl groups excluding tert-OH is 1. The summed E-state index contributed by atoms with van der Waals surface area (Å²) in [5.74, 6) is -0.493. The number of morpholine rings is 1. The third kappa shape index (κ3) is 4.67. The number of benzene rings is 1. The van der Waals surface area contributed by atoms with Crippen LogP contribution in [0.3, 0.4) is 0 Å². The summed E-state index contributed by atoms with van der Waals surface area (Å²) in [4.78, 5) is 30.7. The minimum Gasteiger partial charge on any atom is -0.390 e. The topological polar surface area (TPSA) is 104 Å². The Hall–Kier alpha value is -2.81. The third-order valence-corrected chi connectivity index (χ3v) is 5.59. The molecule has 1 saturated heterocycles. The molecule has 8 nitrogen and oxygen atoms in total. The predicted molar refractivity (Wildman–Crippen MR) is 110 cm³/mol. The third-order valence-electron chi connectivity index (χ3n) is 5.59. The van der Waals surface area contributed by atoms with E-state index in [4.69, 9.17) is 4.74 Å². The van der Waals surface area contributed by atoms with Gasteiger partial charge in [-0.2, -0.15) is 0 Å². The molecule has 2 aliphatic rings. The second-order valence-corrected chi connectivity index (χ2v) is 7.57. The molecule has 2 atom stereocenters. The number of nitrogens with one attached hydrogen (secondary N) is 2. The largest absolute Gasteiger partial charge is 0.390 e. The molecule has 30 heavy (non-hydrogen) atoms. The van der Waals surface area contributed by atoms with Crippen molar-refractivity contribution in [1.82, 2.24) is 20.5 Å². The molecule has 0 unspecified atom stereocenters. The minimum atomic E-state index is -0.718. The molecule has 0 spiro atoms. The van der Waals surface area contributed by atoms with E-state index in [0.717, 1.165) is 0 Å². The van der Waals surface area contributed by atoms with Crippen LogP contribution in [0.4, 0.5) is 0 Å². The van der Waals surface area contributed by atoms with E-state index in [-0.39, 0.29) is 30.1 Å². The first kappa shape index (κ1) is 20.5. The number of fused-ring (bicyclic) bond motifs is 1. The molecule has 3 N–H and O–H groups in total. The standard InChI is InChI=1S/C22H26N4O4/c27-20(19-11-15-3-1-2-4-16(15)12-24-19)14-25-21(28)18-6-5-17(13-23-18)22(29)26-7-9-30-10-8-26/h1-6,13,19-20,24,27H,7-12,14H2,(H,25,28)/t19-,20+/m0/s1. The number of ether oxygens (including phenoxy) is 1. The highest BCUT2D eigenvalue weighted by molar-refractivity contribution is 5.96. The molecule has 0 aliphatic carbocycles. The number of hydrogen-bond acceptors (Lipinski definition) is 6. The lowest BCUT2D eigenvalue weighted by molar-refractivity contribution is 0.0302.